The Morgan fingerprint density at radius 1 is 0.796 bits per heavy atom. The molecule has 0 radical (unpaired) electrons. The summed E-state index contributed by atoms with van der Waals surface area (Å²) >= 11 is 0. The maximum Gasteiger partial charge on any atom is 0.407 e. The van der Waals surface area contributed by atoms with E-state index in [1.807, 2.05) is 0 Å². The Morgan fingerprint density at radius 2 is 1.46 bits per heavy atom. The van der Waals surface area contributed by atoms with Gasteiger partial charge in [0.2, 0.25) is 11.8 Å². The van der Waals surface area contributed by atoms with Gasteiger partial charge in [0.1, 0.15) is 31.4 Å². The maximum absolute atomic E-state index is 13.4. The topological polar surface area (TPSA) is 253 Å². The normalized spacial score (nSPS) is 20.2. The van der Waals surface area contributed by atoms with E-state index in [0.29, 0.717) is 12.0 Å². The number of hydrogen-bond acceptors (Lipinski definition) is 16. The van der Waals surface area contributed by atoms with Crippen molar-refractivity contribution in [2.24, 2.45) is 0 Å². The molecule has 1 saturated heterocycles. The van der Waals surface area contributed by atoms with Crippen LogP contribution < -0.4 is 16.0 Å². The predicted octanol–water partition coefficient (Wildman–Crippen LogP) is -0.388. The van der Waals surface area contributed by atoms with Crippen LogP contribution in [0, 0.1) is 0 Å². The van der Waals surface area contributed by atoms with Crippen LogP contribution in [0.5, 0.6) is 0 Å². The van der Waals surface area contributed by atoms with Gasteiger partial charge < -0.3 is 54.2 Å². The van der Waals surface area contributed by atoms with E-state index in [0.717, 1.165) is 33.3 Å². The van der Waals surface area contributed by atoms with Crippen molar-refractivity contribution >= 4 is 41.8 Å². The first kappa shape index (κ1) is 42.8. The lowest BCUT2D eigenvalue weighted by molar-refractivity contribution is -0.278. The van der Waals surface area contributed by atoms with E-state index in [4.69, 9.17) is 33.2 Å². The van der Waals surface area contributed by atoms with Crippen LogP contribution in [0.3, 0.4) is 0 Å². The summed E-state index contributed by atoms with van der Waals surface area (Å²) in [6.45, 7) is 2.01. The van der Waals surface area contributed by atoms with Gasteiger partial charge in [-0.1, -0.05) is 30.3 Å². The number of ether oxygens (including phenoxy) is 7. The number of rotatable bonds is 18. The molecule has 3 amide bonds. The molecule has 294 valence electrons. The zero-order chi connectivity index (χ0) is 39.6. The number of esters is 4. The summed E-state index contributed by atoms with van der Waals surface area (Å²) in [5.41, 5.74) is 1.45. The van der Waals surface area contributed by atoms with Crippen molar-refractivity contribution < 1.29 is 71.8 Å². The fourth-order valence-corrected chi connectivity index (χ4v) is 5.08. The molecule has 1 fully saturated rings. The first-order valence-corrected chi connectivity index (χ1v) is 16.7. The van der Waals surface area contributed by atoms with Gasteiger partial charge in [-0.3, -0.25) is 29.0 Å². The van der Waals surface area contributed by atoms with Gasteiger partial charge in [-0.05, 0) is 23.3 Å². The average molecular weight is 761 g/mol. The number of nitrogens with zero attached hydrogens (tertiary/aromatic N) is 1. The third-order valence-electron chi connectivity index (χ3n) is 7.49. The largest absolute Gasteiger partial charge is 0.463 e. The van der Waals surface area contributed by atoms with Crippen LogP contribution in [0.15, 0.2) is 54.9 Å². The van der Waals surface area contributed by atoms with Crippen LogP contribution >= 0.6 is 0 Å². The molecule has 0 aliphatic carbocycles. The van der Waals surface area contributed by atoms with Crippen molar-refractivity contribution in [1.29, 1.82) is 0 Å². The highest BCUT2D eigenvalue weighted by Gasteiger charge is 2.51. The molecule has 0 saturated carbocycles. The first-order chi connectivity index (χ1) is 25.8. The number of aliphatic hydroxyl groups excluding tert-OH is 1. The fraction of sp³-hybridized carbons (Fsp3) is 0.486. The van der Waals surface area contributed by atoms with Gasteiger partial charge in [0, 0.05) is 46.5 Å². The van der Waals surface area contributed by atoms with E-state index in [2.05, 4.69) is 20.9 Å². The Morgan fingerprint density at radius 3 is 2.07 bits per heavy atom. The van der Waals surface area contributed by atoms with Crippen LogP contribution in [0.25, 0.3) is 0 Å². The Bertz CT molecular complexity index is 1580. The maximum atomic E-state index is 13.4. The molecular formula is C35H44N4O15. The lowest BCUT2D eigenvalue weighted by Gasteiger charge is -2.45. The van der Waals surface area contributed by atoms with Gasteiger partial charge >= 0.3 is 30.0 Å². The Hall–Kier alpha value is -5.66. The summed E-state index contributed by atoms with van der Waals surface area (Å²) in [6, 6.07) is 7.44. The molecule has 0 spiro atoms. The Balaban J connectivity index is 1.83. The Labute approximate surface area is 310 Å². The molecule has 2 heterocycles. The summed E-state index contributed by atoms with van der Waals surface area (Å²) in [6.07, 6.45) is -3.29. The highest BCUT2D eigenvalue weighted by atomic mass is 16.7. The first-order valence-electron chi connectivity index (χ1n) is 16.7. The average Bonchev–Trinajstić information content (AvgIpc) is 3.12. The zero-order valence-electron chi connectivity index (χ0n) is 30.1. The van der Waals surface area contributed by atoms with E-state index in [1.165, 1.54) is 0 Å². The second kappa shape index (κ2) is 21.8. The lowest BCUT2D eigenvalue weighted by atomic mass is 9.96. The molecule has 3 rings (SSSR count). The molecule has 1 aromatic carbocycles. The summed E-state index contributed by atoms with van der Waals surface area (Å²) in [5.74, 6) is -5.07. The number of alkyl carbamates (subject to hydrolysis) is 1. The standard InChI is InChI=1S/C35H44N4O15/c1-20(41)37-29-31(53-23(4)44)30(52-22(3)43)28(19-49-21(2)42)54-34(29)51-18-27(33(46)50-17-25-8-6-5-7-9-25)38-32(45)26(16-40)39-35(47)48-15-12-24-10-13-36-14-11-24/h5-11,13-14,26-31,34,40H,12,15-19H2,1-4H3,(H,37,41)(H,38,45)(H,39,47). The molecule has 54 heavy (non-hydrogen) atoms. The number of benzene rings is 1. The van der Waals surface area contributed by atoms with E-state index in [-0.39, 0.29) is 13.2 Å². The van der Waals surface area contributed by atoms with Crippen molar-refractivity contribution in [2.45, 2.75) is 83.5 Å². The van der Waals surface area contributed by atoms with Crippen molar-refractivity contribution in [1.82, 2.24) is 20.9 Å². The minimum atomic E-state index is -1.63. The summed E-state index contributed by atoms with van der Waals surface area (Å²) < 4.78 is 38.3. The van der Waals surface area contributed by atoms with Crippen molar-refractivity contribution in [3.05, 3.63) is 66.0 Å². The van der Waals surface area contributed by atoms with Crippen LogP contribution in [-0.2, 0) is 75.0 Å². The number of carbonyl (C=O) groups excluding carboxylic acids is 7. The Kier molecular flexibility index (Phi) is 17.2. The number of amides is 3. The second-order valence-electron chi connectivity index (χ2n) is 11.8. The fourth-order valence-electron chi connectivity index (χ4n) is 5.08. The highest BCUT2D eigenvalue weighted by Crippen LogP contribution is 2.28. The van der Waals surface area contributed by atoms with Gasteiger partial charge in [-0.15, -0.1) is 0 Å². The van der Waals surface area contributed by atoms with Crippen LogP contribution in [0.2, 0.25) is 0 Å². The molecule has 0 bridgehead atoms. The number of pyridine rings is 1. The summed E-state index contributed by atoms with van der Waals surface area (Å²) in [4.78, 5) is 91.4. The lowest BCUT2D eigenvalue weighted by Crippen LogP contribution is -2.67. The monoisotopic (exact) mass is 760 g/mol. The second-order valence-corrected chi connectivity index (χ2v) is 11.8. The van der Waals surface area contributed by atoms with E-state index in [9.17, 15) is 38.7 Å². The summed E-state index contributed by atoms with van der Waals surface area (Å²) in [7, 11) is 0. The molecule has 19 nitrogen and oxygen atoms in total. The smallest absolute Gasteiger partial charge is 0.407 e. The highest BCUT2D eigenvalue weighted by molar-refractivity contribution is 5.89. The van der Waals surface area contributed by atoms with Crippen molar-refractivity contribution in [3.63, 3.8) is 0 Å². The zero-order valence-corrected chi connectivity index (χ0v) is 30.1. The third-order valence-corrected chi connectivity index (χ3v) is 7.49. The molecule has 7 atom stereocenters. The predicted molar refractivity (Wildman–Crippen MR) is 181 cm³/mol. The van der Waals surface area contributed by atoms with Crippen molar-refractivity contribution in [2.75, 3.05) is 26.4 Å². The molecule has 1 aliphatic heterocycles. The molecule has 1 aliphatic rings. The van der Waals surface area contributed by atoms with Gasteiger partial charge in [-0.25, -0.2) is 9.59 Å². The minimum Gasteiger partial charge on any atom is -0.463 e. The van der Waals surface area contributed by atoms with Crippen LogP contribution in [0.1, 0.15) is 38.8 Å². The number of aromatic nitrogens is 1. The van der Waals surface area contributed by atoms with Gasteiger partial charge in [0.25, 0.3) is 0 Å². The number of carbonyl (C=O) groups is 7. The van der Waals surface area contributed by atoms with E-state index >= 15 is 0 Å². The molecule has 2 aromatic rings. The summed E-state index contributed by atoms with van der Waals surface area (Å²) in [5, 5.41) is 17.1. The number of nitrogens with one attached hydrogen (secondary N) is 3. The van der Waals surface area contributed by atoms with E-state index < -0.39 is 104 Å². The number of aliphatic hydroxyl groups is 1. The molecule has 4 N–H and O–H groups in total. The molecular weight excluding hydrogens is 716 g/mol. The third kappa shape index (κ3) is 14.4. The van der Waals surface area contributed by atoms with Crippen LogP contribution in [0.4, 0.5) is 4.79 Å². The van der Waals surface area contributed by atoms with E-state index in [1.54, 1.807) is 54.9 Å². The van der Waals surface area contributed by atoms with Gasteiger partial charge in [0.05, 0.1) is 19.8 Å². The molecule has 7 unspecified atom stereocenters. The molecule has 19 heteroatoms. The van der Waals surface area contributed by atoms with Gasteiger partial charge in [-0.2, -0.15) is 0 Å². The SMILES string of the molecule is CC(=O)NC1C(OCC(NC(=O)C(CO)NC(=O)OCCc2ccncc2)C(=O)OCc2ccccc2)OC(COC(C)=O)C(OC(C)=O)C1OC(C)=O. The molecule has 1 aromatic heterocycles. The van der Waals surface area contributed by atoms with Gasteiger partial charge in [0.15, 0.2) is 24.5 Å². The van der Waals surface area contributed by atoms with Crippen molar-refractivity contribution in [3.8, 4) is 0 Å². The number of hydrogen-bond donors (Lipinski definition) is 4. The quantitative estimate of drug-likeness (QED) is 0.112. The minimum absolute atomic E-state index is 0.0557. The van der Waals surface area contributed by atoms with Crippen LogP contribution in [-0.4, -0.2) is 121 Å².